The first-order valence-electron chi connectivity index (χ1n) is 5.31. The zero-order valence-electron chi connectivity index (χ0n) is 9.48. The average molecular weight is 216 g/mol. The van der Waals surface area contributed by atoms with Gasteiger partial charge in [-0.1, -0.05) is 49.1 Å². The fourth-order valence-corrected chi connectivity index (χ4v) is 1.25. The molecule has 1 aromatic rings. The Balaban J connectivity index is 2.49. The van der Waals surface area contributed by atoms with Crippen molar-refractivity contribution in [3.8, 4) is 0 Å². The topological polar surface area (TPSA) is 26.3 Å². The maximum absolute atomic E-state index is 11.0. The van der Waals surface area contributed by atoms with Crippen LogP contribution in [0.25, 0.3) is 12.2 Å². The van der Waals surface area contributed by atoms with E-state index in [4.69, 9.17) is 4.74 Å². The number of hydrogen-bond acceptors (Lipinski definition) is 2. The smallest absolute Gasteiger partial charge is 0.309 e. The number of carbonyl (C=O) groups is 1. The van der Waals surface area contributed by atoms with Crippen molar-refractivity contribution in [3.63, 3.8) is 0 Å². The Morgan fingerprint density at radius 1 is 1.31 bits per heavy atom. The summed E-state index contributed by atoms with van der Waals surface area (Å²) in [5, 5.41) is 0. The molecule has 1 aromatic carbocycles. The summed E-state index contributed by atoms with van der Waals surface area (Å²) in [5.41, 5.74) is 2.15. The molecule has 0 aliphatic rings. The van der Waals surface area contributed by atoms with Gasteiger partial charge in [-0.05, 0) is 18.1 Å². The van der Waals surface area contributed by atoms with E-state index >= 15 is 0 Å². The van der Waals surface area contributed by atoms with Crippen LogP contribution in [0.4, 0.5) is 0 Å². The molecule has 0 aliphatic carbocycles. The van der Waals surface area contributed by atoms with Crippen LogP contribution in [0.3, 0.4) is 0 Å². The fourth-order valence-electron chi connectivity index (χ4n) is 1.25. The summed E-state index contributed by atoms with van der Waals surface area (Å²) < 4.78 is 4.81. The number of benzene rings is 1. The lowest BCUT2D eigenvalue weighted by Crippen LogP contribution is -2.01. The minimum absolute atomic E-state index is 0.193. The summed E-state index contributed by atoms with van der Waals surface area (Å²) in [6.07, 6.45) is 5.83. The van der Waals surface area contributed by atoms with Crippen LogP contribution in [-0.2, 0) is 9.53 Å². The Hall–Kier alpha value is -1.83. The van der Waals surface area contributed by atoms with E-state index in [1.165, 1.54) is 0 Å². The standard InChI is InChI=1S/C14H16O2/c1-3-12-8-10-13(11-9-12)6-5-7-14(15)16-4-2/h3,5-6,8-11H,1,4,7H2,2H3. The van der Waals surface area contributed by atoms with Crippen LogP contribution in [0.2, 0.25) is 0 Å². The molecule has 0 aliphatic heterocycles. The van der Waals surface area contributed by atoms with E-state index in [1.54, 1.807) is 19.1 Å². The zero-order chi connectivity index (χ0) is 11.8. The first-order valence-corrected chi connectivity index (χ1v) is 5.31. The highest BCUT2D eigenvalue weighted by atomic mass is 16.5. The average Bonchev–Trinajstić information content (AvgIpc) is 2.30. The fraction of sp³-hybridized carbons (Fsp3) is 0.214. The van der Waals surface area contributed by atoms with Crippen LogP contribution in [-0.4, -0.2) is 12.6 Å². The molecule has 0 heterocycles. The molecule has 0 aromatic heterocycles. The second-order valence-electron chi connectivity index (χ2n) is 3.28. The van der Waals surface area contributed by atoms with Crippen molar-refractivity contribution in [1.82, 2.24) is 0 Å². The Morgan fingerprint density at radius 2 is 1.94 bits per heavy atom. The molecule has 0 N–H and O–H groups in total. The summed E-state index contributed by atoms with van der Waals surface area (Å²) in [6.45, 7) is 5.92. The summed E-state index contributed by atoms with van der Waals surface area (Å²) in [5.74, 6) is -0.193. The number of rotatable bonds is 5. The van der Waals surface area contributed by atoms with Crippen LogP contribution in [0.5, 0.6) is 0 Å². The van der Waals surface area contributed by atoms with E-state index in [1.807, 2.05) is 30.3 Å². The highest BCUT2D eigenvalue weighted by Gasteiger charge is 1.96. The van der Waals surface area contributed by atoms with Crippen molar-refractivity contribution < 1.29 is 9.53 Å². The molecule has 0 saturated carbocycles. The van der Waals surface area contributed by atoms with Gasteiger partial charge in [-0.3, -0.25) is 4.79 Å². The Kier molecular flexibility index (Phi) is 5.06. The van der Waals surface area contributed by atoms with Gasteiger partial charge in [0.25, 0.3) is 0 Å². The third kappa shape index (κ3) is 4.13. The van der Waals surface area contributed by atoms with Crippen molar-refractivity contribution in [2.45, 2.75) is 13.3 Å². The second-order valence-corrected chi connectivity index (χ2v) is 3.28. The predicted molar refractivity (Wildman–Crippen MR) is 66.8 cm³/mol. The highest BCUT2D eigenvalue weighted by Crippen LogP contribution is 2.07. The number of carbonyl (C=O) groups excluding carboxylic acids is 1. The Labute approximate surface area is 96.2 Å². The van der Waals surface area contributed by atoms with E-state index in [-0.39, 0.29) is 5.97 Å². The molecule has 0 bridgehead atoms. The van der Waals surface area contributed by atoms with Crippen LogP contribution in [0.1, 0.15) is 24.5 Å². The van der Waals surface area contributed by atoms with E-state index in [0.717, 1.165) is 11.1 Å². The molecular weight excluding hydrogens is 200 g/mol. The summed E-state index contributed by atoms with van der Waals surface area (Å²) in [6, 6.07) is 7.94. The molecule has 84 valence electrons. The number of esters is 1. The van der Waals surface area contributed by atoms with Gasteiger partial charge in [0, 0.05) is 0 Å². The third-order valence-corrected chi connectivity index (χ3v) is 2.07. The lowest BCUT2D eigenvalue weighted by atomic mass is 10.1. The predicted octanol–water partition coefficient (Wildman–Crippen LogP) is 3.30. The molecule has 0 radical (unpaired) electrons. The van der Waals surface area contributed by atoms with Gasteiger partial charge >= 0.3 is 5.97 Å². The van der Waals surface area contributed by atoms with Gasteiger partial charge in [0.1, 0.15) is 0 Å². The monoisotopic (exact) mass is 216 g/mol. The molecule has 0 saturated heterocycles. The molecule has 0 spiro atoms. The van der Waals surface area contributed by atoms with Crippen molar-refractivity contribution in [1.29, 1.82) is 0 Å². The van der Waals surface area contributed by atoms with Gasteiger partial charge in [0.05, 0.1) is 13.0 Å². The maximum atomic E-state index is 11.0. The minimum atomic E-state index is -0.193. The van der Waals surface area contributed by atoms with Crippen LogP contribution in [0.15, 0.2) is 36.9 Å². The van der Waals surface area contributed by atoms with Gasteiger partial charge in [0.2, 0.25) is 0 Å². The first kappa shape index (κ1) is 12.2. The maximum Gasteiger partial charge on any atom is 0.309 e. The van der Waals surface area contributed by atoms with Crippen molar-refractivity contribution in [2.75, 3.05) is 6.61 Å². The molecule has 0 amide bonds. The lowest BCUT2D eigenvalue weighted by molar-refractivity contribution is -0.142. The van der Waals surface area contributed by atoms with Crippen LogP contribution < -0.4 is 0 Å². The molecule has 16 heavy (non-hydrogen) atoms. The van der Waals surface area contributed by atoms with Crippen molar-refractivity contribution in [3.05, 3.63) is 48.0 Å². The Bertz CT molecular complexity index is 374. The molecule has 0 atom stereocenters. The molecule has 1 rings (SSSR count). The quantitative estimate of drug-likeness (QED) is 0.706. The lowest BCUT2D eigenvalue weighted by Gasteiger charge is -1.97. The SMILES string of the molecule is C=Cc1ccc(C=CCC(=O)OCC)cc1. The largest absolute Gasteiger partial charge is 0.466 e. The molecular formula is C14H16O2. The van der Waals surface area contributed by atoms with Crippen molar-refractivity contribution >= 4 is 18.1 Å². The van der Waals surface area contributed by atoms with Gasteiger partial charge < -0.3 is 4.74 Å². The van der Waals surface area contributed by atoms with E-state index in [0.29, 0.717) is 13.0 Å². The normalized spacial score (nSPS) is 10.3. The molecule has 2 nitrogen and oxygen atoms in total. The number of ether oxygens (including phenoxy) is 1. The first-order chi connectivity index (χ1) is 7.76. The minimum Gasteiger partial charge on any atom is -0.466 e. The highest BCUT2D eigenvalue weighted by molar-refractivity contribution is 5.72. The number of hydrogen-bond donors (Lipinski definition) is 0. The summed E-state index contributed by atoms with van der Waals surface area (Å²) >= 11 is 0. The zero-order valence-corrected chi connectivity index (χ0v) is 9.48. The van der Waals surface area contributed by atoms with Crippen molar-refractivity contribution in [2.24, 2.45) is 0 Å². The summed E-state index contributed by atoms with van der Waals surface area (Å²) in [4.78, 5) is 11.0. The van der Waals surface area contributed by atoms with Gasteiger partial charge in [0.15, 0.2) is 0 Å². The van der Waals surface area contributed by atoms with E-state index in [2.05, 4.69) is 6.58 Å². The Morgan fingerprint density at radius 3 is 2.50 bits per heavy atom. The second kappa shape index (κ2) is 6.62. The van der Waals surface area contributed by atoms with Gasteiger partial charge in [-0.2, -0.15) is 0 Å². The molecule has 0 unspecified atom stereocenters. The molecule has 0 fully saturated rings. The third-order valence-electron chi connectivity index (χ3n) is 2.07. The van der Waals surface area contributed by atoms with Crippen LogP contribution in [0, 0.1) is 0 Å². The van der Waals surface area contributed by atoms with Crippen LogP contribution >= 0.6 is 0 Å². The van der Waals surface area contributed by atoms with Gasteiger partial charge in [-0.25, -0.2) is 0 Å². The van der Waals surface area contributed by atoms with E-state index < -0.39 is 0 Å². The molecule has 2 heteroatoms. The summed E-state index contributed by atoms with van der Waals surface area (Å²) in [7, 11) is 0. The van der Waals surface area contributed by atoms with E-state index in [9.17, 15) is 4.79 Å². The van der Waals surface area contributed by atoms with Gasteiger partial charge in [-0.15, -0.1) is 0 Å².